The lowest BCUT2D eigenvalue weighted by molar-refractivity contribution is 0.102. The number of hydrogen-bond donors (Lipinski definition) is 2. The van der Waals surface area contributed by atoms with E-state index >= 15 is 0 Å². The summed E-state index contributed by atoms with van der Waals surface area (Å²) < 4.78 is 5.10. The van der Waals surface area contributed by atoms with Crippen molar-refractivity contribution in [1.29, 1.82) is 0 Å². The fourth-order valence-corrected chi connectivity index (χ4v) is 2.67. The van der Waals surface area contributed by atoms with Crippen LogP contribution in [-0.2, 0) is 6.54 Å². The molecule has 0 aliphatic rings. The molecule has 0 unspecified atom stereocenters. The lowest BCUT2D eigenvalue weighted by Gasteiger charge is -2.09. The van der Waals surface area contributed by atoms with E-state index in [1.165, 1.54) is 19.0 Å². The van der Waals surface area contributed by atoms with Gasteiger partial charge < -0.3 is 15.4 Å². The number of ether oxygens (including phenoxy) is 1. The number of aryl methyl sites for hydroxylation is 1. The molecule has 0 spiro atoms. The Morgan fingerprint density at radius 1 is 1.11 bits per heavy atom. The van der Waals surface area contributed by atoms with Crippen LogP contribution in [0.1, 0.15) is 21.6 Å². The number of anilines is 2. The van der Waals surface area contributed by atoms with Gasteiger partial charge in [-0.2, -0.15) is 0 Å². The van der Waals surface area contributed by atoms with Crippen molar-refractivity contribution in [3.63, 3.8) is 0 Å². The highest BCUT2D eigenvalue weighted by Crippen LogP contribution is 2.27. The number of carbonyl (C=O) groups excluding carboxylic acids is 1. The number of amides is 1. The summed E-state index contributed by atoms with van der Waals surface area (Å²) in [5, 5.41) is 6.37. The van der Waals surface area contributed by atoms with E-state index < -0.39 is 0 Å². The Hall–Kier alpha value is -3.12. The second kappa shape index (κ2) is 8.51. The zero-order valence-corrected chi connectivity index (χ0v) is 15.7. The molecular weight excluding hydrogens is 364 g/mol. The van der Waals surface area contributed by atoms with Crippen molar-refractivity contribution in [2.24, 2.45) is 0 Å². The van der Waals surface area contributed by atoms with Gasteiger partial charge in [-0.15, -0.1) is 0 Å². The van der Waals surface area contributed by atoms with Gasteiger partial charge in [-0.05, 0) is 30.7 Å². The number of carbonyl (C=O) groups is 1. The van der Waals surface area contributed by atoms with E-state index in [9.17, 15) is 4.79 Å². The molecule has 0 fully saturated rings. The van der Waals surface area contributed by atoms with E-state index in [4.69, 9.17) is 16.3 Å². The van der Waals surface area contributed by atoms with Crippen molar-refractivity contribution in [2.45, 2.75) is 13.5 Å². The average Bonchev–Trinajstić information content (AvgIpc) is 2.68. The number of halogens is 1. The van der Waals surface area contributed by atoms with Gasteiger partial charge >= 0.3 is 0 Å². The molecular formula is C20H19ClN4O2. The third kappa shape index (κ3) is 4.95. The van der Waals surface area contributed by atoms with E-state index in [1.807, 2.05) is 19.1 Å². The number of benzene rings is 2. The SMILES string of the molecule is COc1ccc(NC(=O)c2cc(NCc3ccc(C)cc3)ncn2)cc1Cl. The molecule has 0 bridgehead atoms. The summed E-state index contributed by atoms with van der Waals surface area (Å²) in [6.07, 6.45) is 1.35. The van der Waals surface area contributed by atoms with Crippen molar-refractivity contribution in [3.8, 4) is 5.75 Å². The van der Waals surface area contributed by atoms with Crippen LogP contribution in [0.4, 0.5) is 11.5 Å². The third-order valence-electron chi connectivity index (χ3n) is 3.90. The molecule has 0 atom stereocenters. The summed E-state index contributed by atoms with van der Waals surface area (Å²) >= 11 is 6.08. The fourth-order valence-electron chi connectivity index (χ4n) is 2.42. The van der Waals surface area contributed by atoms with Crippen molar-refractivity contribution in [1.82, 2.24) is 9.97 Å². The van der Waals surface area contributed by atoms with Crippen LogP contribution in [0, 0.1) is 6.92 Å². The number of methoxy groups -OCH3 is 1. The maximum Gasteiger partial charge on any atom is 0.274 e. The van der Waals surface area contributed by atoms with Crippen LogP contribution in [0.15, 0.2) is 54.9 Å². The van der Waals surface area contributed by atoms with Crippen molar-refractivity contribution in [3.05, 3.63) is 76.7 Å². The Morgan fingerprint density at radius 3 is 2.59 bits per heavy atom. The normalized spacial score (nSPS) is 10.3. The molecule has 2 aromatic carbocycles. The Balaban J connectivity index is 1.66. The van der Waals surface area contributed by atoms with Crippen LogP contribution in [0.2, 0.25) is 5.02 Å². The summed E-state index contributed by atoms with van der Waals surface area (Å²) in [6.45, 7) is 2.65. The van der Waals surface area contributed by atoms with E-state index in [-0.39, 0.29) is 11.6 Å². The first-order valence-electron chi connectivity index (χ1n) is 8.31. The largest absolute Gasteiger partial charge is 0.495 e. The minimum Gasteiger partial charge on any atom is -0.495 e. The zero-order valence-electron chi connectivity index (χ0n) is 15.0. The van der Waals surface area contributed by atoms with Gasteiger partial charge in [0.15, 0.2) is 0 Å². The van der Waals surface area contributed by atoms with Crippen molar-refractivity contribution in [2.75, 3.05) is 17.7 Å². The monoisotopic (exact) mass is 382 g/mol. The number of aromatic nitrogens is 2. The summed E-state index contributed by atoms with van der Waals surface area (Å²) in [5.74, 6) is 0.764. The van der Waals surface area contributed by atoms with Crippen molar-refractivity contribution < 1.29 is 9.53 Å². The molecule has 2 N–H and O–H groups in total. The van der Waals surface area contributed by atoms with E-state index in [0.29, 0.717) is 28.8 Å². The highest BCUT2D eigenvalue weighted by Gasteiger charge is 2.11. The number of rotatable bonds is 6. The molecule has 7 heteroatoms. The van der Waals surface area contributed by atoms with Crippen molar-refractivity contribution >= 4 is 29.0 Å². The Kier molecular flexibility index (Phi) is 5.88. The number of nitrogens with one attached hydrogen (secondary N) is 2. The molecule has 0 aliphatic heterocycles. The molecule has 0 aliphatic carbocycles. The first-order valence-corrected chi connectivity index (χ1v) is 8.69. The third-order valence-corrected chi connectivity index (χ3v) is 4.20. The minimum atomic E-state index is -0.350. The van der Waals surface area contributed by atoms with E-state index in [2.05, 4.69) is 32.7 Å². The van der Waals surface area contributed by atoms with Gasteiger partial charge in [0.05, 0.1) is 12.1 Å². The van der Waals surface area contributed by atoms with Gasteiger partial charge in [-0.1, -0.05) is 41.4 Å². The average molecular weight is 383 g/mol. The summed E-state index contributed by atoms with van der Waals surface area (Å²) in [6, 6.07) is 14.8. The van der Waals surface area contributed by atoms with Gasteiger partial charge in [-0.3, -0.25) is 4.79 Å². The lowest BCUT2D eigenvalue weighted by atomic mass is 10.1. The lowest BCUT2D eigenvalue weighted by Crippen LogP contribution is -2.14. The van der Waals surface area contributed by atoms with Gasteiger partial charge in [-0.25, -0.2) is 9.97 Å². The molecule has 27 heavy (non-hydrogen) atoms. The van der Waals surface area contributed by atoms with E-state index in [0.717, 1.165) is 5.56 Å². The molecule has 3 rings (SSSR count). The molecule has 0 radical (unpaired) electrons. The van der Waals surface area contributed by atoms with Crippen LogP contribution in [0.3, 0.4) is 0 Å². The summed E-state index contributed by atoms with van der Waals surface area (Å²) in [5.41, 5.74) is 3.14. The van der Waals surface area contributed by atoms with Crippen LogP contribution < -0.4 is 15.4 Å². The zero-order chi connectivity index (χ0) is 19.2. The van der Waals surface area contributed by atoms with Gasteiger partial charge in [0.2, 0.25) is 0 Å². The first-order chi connectivity index (χ1) is 13.0. The standard InChI is InChI=1S/C20H19ClN4O2/c1-13-3-5-14(6-4-13)11-22-19-10-17(23-12-24-19)20(26)25-15-7-8-18(27-2)16(21)9-15/h3-10,12H,11H2,1-2H3,(H,25,26)(H,22,23,24). The van der Waals surface area contributed by atoms with Crippen LogP contribution in [0.25, 0.3) is 0 Å². The molecule has 0 saturated heterocycles. The molecule has 138 valence electrons. The molecule has 1 aromatic heterocycles. The first kappa shape index (κ1) is 18.7. The molecule has 1 heterocycles. The Bertz CT molecular complexity index is 945. The number of hydrogen-bond acceptors (Lipinski definition) is 5. The molecule has 1 amide bonds. The minimum absolute atomic E-state index is 0.253. The fraction of sp³-hybridized carbons (Fsp3) is 0.150. The summed E-state index contributed by atoms with van der Waals surface area (Å²) in [4.78, 5) is 20.6. The maximum absolute atomic E-state index is 12.4. The number of nitrogens with zero attached hydrogens (tertiary/aromatic N) is 2. The Labute approximate surface area is 162 Å². The molecule has 6 nitrogen and oxygen atoms in total. The van der Waals surface area contributed by atoms with Crippen LogP contribution >= 0.6 is 11.6 Å². The highest BCUT2D eigenvalue weighted by molar-refractivity contribution is 6.32. The predicted octanol–water partition coefficient (Wildman–Crippen LogP) is 4.31. The van der Waals surface area contributed by atoms with Crippen LogP contribution in [0.5, 0.6) is 5.75 Å². The van der Waals surface area contributed by atoms with Crippen LogP contribution in [-0.4, -0.2) is 23.0 Å². The summed E-state index contributed by atoms with van der Waals surface area (Å²) in [7, 11) is 1.53. The Morgan fingerprint density at radius 2 is 1.89 bits per heavy atom. The van der Waals surface area contributed by atoms with Gasteiger partial charge in [0, 0.05) is 18.3 Å². The second-order valence-electron chi connectivity index (χ2n) is 5.93. The quantitative estimate of drug-likeness (QED) is 0.664. The topological polar surface area (TPSA) is 76.1 Å². The highest BCUT2D eigenvalue weighted by atomic mass is 35.5. The van der Waals surface area contributed by atoms with Gasteiger partial charge in [0.1, 0.15) is 23.6 Å². The second-order valence-corrected chi connectivity index (χ2v) is 6.34. The molecule has 3 aromatic rings. The van der Waals surface area contributed by atoms with Gasteiger partial charge in [0.25, 0.3) is 5.91 Å². The van der Waals surface area contributed by atoms with E-state index in [1.54, 1.807) is 24.3 Å². The maximum atomic E-state index is 12.4. The molecule has 0 saturated carbocycles. The smallest absolute Gasteiger partial charge is 0.274 e. The predicted molar refractivity (Wildman–Crippen MR) is 106 cm³/mol.